The number of rotatable bonds is 5. The monoisotopic (exact) mass is 419 g/mol. The summed E-state index contributed by atoms with van der Waals surface area (Å²) in [6.07, 6.45) is 0. The van der Waals surface area contributed by atoms with Crippen LogP contribution < -0.4 is 10.2 Å². The average Bonchev–Trinajstić information content (AvgIpc) is 2.61. The van der Waals surface area contributed by atoms with Crippen LogP contribution in [-0.2, 0) is 9.59 Å². The van der Waals surface area contributed by atoms with Gasteiger partial charge in [0.15, 0.2) is 11.5 Å². The third-order valence-corrected chi connectivity index (χ3v) is 4.45. The number of benzene rings is 2. The van der Waals surface area contributed by atoms with Crippen molar-refractivity contribution in [3.05, 3.63) is 52.5 Å². The molecule has 5 nitrogen and oxygen atoms in total. The fourth-order valence-electron chi connectivity index (χ4n) is 2.29. The lowest BCUT2D eigenvalue weighted by atomic mass is 9.87. The number of nitrogens with zero attached hydrogens (tertiary/aromatic N) is 2. The molecular weight excluding hydrogens is 397 g/mol. The second kappa shape index (κ2) is 8.76. The molecule has 0 aromatic heterocycles. The molecule has 148 valence electrons. The molecule has 0 heterocycles. The fourth-order valence-corrected chi connectivity index (χ4v) is 2.74. The van der Waals surface area contributed by atoms with Gasteiger partial charge in [0.1, 0.15) is 0 Å². The maximum absolute atomic E-state index is 12.9. The zero-order valence-electron chi connectivity index (χ0n) is 16.5. The van der Waals surface area contributed by atoms with E-state index >= 15 is 0 Å². The lowest BCUT2D eigenvalue weighted by molar-refractivity contribution is -0.121. The first-order valence-electron chi connectivity index (χ1n) is 8.66. The summed E-state index contributed by atoms with van der Waals surface area (Å²) in [5.41, 5.74) is 0.893. The Labute approximate surface area is 175 Å². The van der Waals surface area contributed by atoms with Crippen LogP contribution in [-0.4, -0.2) is 31.5 Å². The molecule has 2 aromatic carbocycles. The van der Waals surface area contributed by atoms with Crippen molar-refractivity contribution in [3.8, 4) is 0 Å². The number of amides is 1. The minimum atomic E-state index is -0.774. The van der Waals surface area contributed by atoms with Crippen molar-refractivity contribution >= 4 is 57.7 Å². The van der Waals surface area contributed by atoms with Crippen LogP contribution >= 0.6 is 23.2 Å². The molecule has 0 fully saturated rings. The average molecular weight is 420 g/mol. The molecule has 0 bridgehead atoms. The summed E-state index contributed by atoms with van der Waals surface area (Å²) >= 11 is 12.0. The Hall–Kier alpha value is -2.37. The van der Waals surface area contributed by atoms with Gasteiger partial charge in [0, 0.05) is 30.2 Å². The van der Waals surface area contributed by atoms with E-state index in [1.165, 1.54) is 6.07 Å². The van der Waals surface area contributed by atoms with Gasteiger partial charge in [0.25, 0.3) is 5.91 Å². The summed E-state index contributed by atoms with van der Waals surface area (Å²) in [5, 5.41) is 3.38. The second-order valence-electron chi connectivity index (χ2n) is 7.53. The molecule has 7 heteroatoms. The highest BCUT2D eigenvalue weighted by Gasteiger charge is 2.31. The van der Waals surface area contributed by atoms with Gasteiger partial charge in [-0.3, -0.25) is 9.59 Å². The standard InChI is InChI=1S/C21H23Cl2N3O2/c1-21(2,3)19(27)18(24-14-7-9-15(10-8-14)26(4)5)20(28)25-17-11-6-13(22)12-16(17)23/h6-12H,1-5H3,(H,25,28). The van der Waals surface area contributed by atoms with Crippen molar-refractivity contribution in [2.24, 2.45) is 10.4 Å². The van der Waals surface area contributed by atoms with E-state index in [-0.39, 0.29) is 16.5 Å². The summed E-state index contributed by atoms with van der Waals surface area (Å²) in [6.45, 7) is 5.22. The van der Waals surface area contributed by atoms with Gasteiger partial charge in [-0.2, -0.15) is 0 Å². The first-order chi connectivity index (χ1) is 13.0. The minimum Gasteiger partial charge on any atom is -0.378 e. The van der Waals surface area contributed by atoms with E-state index < -0.39 is 11.3 Å². The molecule has 0 unspecified atom stereocenters. The van der Waals surface area contributed by atoms with Crippen LogP contribution in [0.3, 0.4) is 0 Å². The Bertz CT molecular complexity index is 914. The van der Waals surface area contributed by atoms with Gasteiger partial charge >= 0.3 is 0 Å². The van der Waals surface area contributed by atoms with Crippen LogP contribution in [0.5, 0.6) is 0 Å². The number of nitrogens with one attached hydrogen (secondary N) is 1. The Morgan fingerprint density at radius 2 is 1.61 bits per heavy atom. The van der Waals surface area contributed by atoms with E-state index in [4.69, 9.17) is 23.2 Å². The molecule has 2 rings (SSSR count). The lowest BCUT2D eigenvalue weighted by Crippen LogP contribution is -2.37. The van der Waals surface area contributed by atoms with E-state index in [0.717, 1.165) is 5.69 Å². The van der Waals surface area contributed by atoms with E-state index in [0.29, 0.717) is 16.4 Å². The maximum Gasteiger partial charge on any atom is 0.278 e. The molecule has 2 aromatic rings. The van der Waals surface area contributed by atoms with Crippen molar-refractivity contribution in [1.29, 1.82) is 0 Å². The van der Waals surface area contributed by atoms with Crippen molar-refractivity contribution in [2.45, 2.75) is 20.8 Å². The van der Waals surface area contributed by atoms with Crippen molar-refractivity contribution in [2.75, 3.05) is 24.3 Å². The molecule has 0 atom stereocenters. The van der Waals surface area contributed by atoms with E-state index in [1.54, 1.807) is 45.0 Å². The first-order valence-corrected chi connectivity index (χ1v) is 9.42. The summed E-state index contributed by atoms with van der Waals surface area (Å²) in [4.78, 5) is 32.0. The summed E-state index contributed by atoms with van der Waals surface area (Å²) in [6, 6.07) is 11.9. The number of hydrogen-bond donors (Lipinski definition) is 1. The van der Waals surface area contributed by atoms with Crippen LogP contribution in [0.15, 0.2) is 47.5 Å². The summed E-state index contributed by atoms with van der Waals surface area (Å²) < 4.78 is 0. The zero-order chi connectivity index (χ0) is 21.1. The Morgan fingerprint density at radius 3 is 2.11 bits per heavy atom. The van der Waals surface area contributed by atoms with Gasteiger partial charge in [-0.05, 0) is 42.5 Å². The number of hydrogen-bond acceptors (Lipinski definition) is 4. The number of carbonyl (C=O) groups excluding carboxylic acids is 2. The predicted octanol–water partition coefficient (Wildman–Crippen LogP) is 5.39. The number of Topliss-reactive ketones (excluding diaryl/α,β-unsaturated/α-hetero) is 1. The lowest BCUT2D eigenvalue weighted by Gasteiger charge is -2.18. The van der Waals surface area contributed by atoms with E-state index in [2.05, 4.69) is 10.3 Å². The minimum absolute atomic E-state index is 0.184. The summed E-state index contributed by atoms with van der Waals surface area (Å²) in [5.74, 6) is -0.993. The second-order valence-corrected chi connectivity index (χ2v) is 8.37. The van der Waals surface area contributed by atoms with Gasteiger partial charge in [-0.25, -0.2) is 4.99 Å². The third kappa shape index (κ3) is 5.57. The molecule has 0 aliphatic heterocycles. The molecule has 0 aliphatic rings. The zero-order valence-corrected chi connectivity index (χ0v) is 18.0. The van der Waals surface area contributed by atoms with Crippen LogP contribution in [0.25, 0.3) is 0 Å². The number of carbonyl (C=O) groups is 2. The van der Waals surface area contributed by atoms with Crippen molar-refractivity contribution in [3.63, 3.8) is 0 Å². The highest BCUT2D eigenvalue weighted by Crippen LogP contribution is 2.26. The van der Waals surface area contributed by atoms with E-state index in [1.807, 2.05) is 31.1 Å². The molecule has 1 N–H and O–H groups in total. The number of aliphatic imine (C=N–C) groups is 1. The molecule has 1 amide bonds. The van der Waals surface area contributed by atoms with Crippen molar-refractivity contribution < 1.29 is 9.59 Å². The Morgan fingerprint density at radius 1 is 1.00 bits per heavy atom. The predicted molar refractivity (Wildman–Crippen MR) is 117 cm³/mol. The van der Waals surface area contributed by atoms with Crippen LogP contribution in [0.4, 0.5) is 17.1 Å². The summed E-state index contributed by atoms with van der Waals surface area (Å²) in [7, 11) is 3.85. The molecule has 0 saturated carbocycles. The Balaban J connectivity index is 2.41. The van der Waals surface area contributed by atoms with Gasteiger partial charge in [-0.1, -0.05) is 44.0 Å². The van der Waals surface area contributed by atoms with Crippen LogP contribution in [0.1, 0.15) is 20.8 Å². The number of ketones is 1. The first kappa shape index (κ1) is 21.9. The maximum atomic E-state index is 12.9. The molecule has 0 saturated heterocycles. The Kier molecular flexibility index (Phi) is 6.86. The van der Waals surface area contributed by atoms with Gasteiger partial charge in [0.2, 0.25) is 0 Å². The smallest absolute Gasteiger partial charge is 0.278 e. The molecule has 28 heavy (non-hydrogen) atoms. The largest absolute Gasteiger partial charge is 0.378 e. The quantitative estimate of drug-likeness (QED) is 0.522. The number of anilines is 2. The highest BCUT2D eigenvalue weighted by molar-refractivity contribution is 6.68. The molecule has 0 aliphatic carbocycles. The van der Waals surface area contributed by atoms with Crippen LogP contribution in [0.2, 0.25) is 10.0 Å². The van der Waals surface area contributed by atoms with Gasteiger partial charge in [0.05, 0.1) is 16.4 Å². The van der Waals surface area contributed by atoms with Gasteiger partial charge in [-0.15, -0.1) is 0 Å². The van der Waals surface area contributed by atoms with Gasteiger partial charge < -0.3 is 10.2 Å². The third-order valence-electron chi connectivity index (χ3n) is 3.90. The SMILES string of the molecule is CN(C)c1ccc(N=C(C(=O)Nc2ccc(Cl)cc2Cl)C(=O)C(C)(C)C)cc1. The van der Waals surface area contributed by atoms with Crippen LogP contribution in [0, 0.1) is 5.41 Å². The molecule has 0 spiro atoms. The van der Waals surface area contributed by atoms with E-state index in [9.17, 15) is 9.59 Å². The molecule has 0 radical (unpaired) electrons. The topological polar surface area (TPSA) is 61.8 Å². The molecular formula is C21H23Cl2N3O2. The fraction of sp³-hybridized carbons (Fsp3) is 0.286. The van der Waals surface area contributed by atoms with Crippen molar-refractivity contribution in [1.82, 2.24) is 0 Å². The highest BCUT2D eigenvalue weighted by atomic mass is 35.5. The normalized spacial score (nSPS) is 11.9. The number of halogens is 2.